The van der Waals surface area contributed by atoms with E-state index in [0.717, 1.165) is 12.8 Å². The Morgan fingerprint density at radius 3 is 2.94 bits per heavy atom. The van der Waals surface area contributed by atoms with Gasteiger partial charge in [0.05, 0.1) is 5.54 Å². The predicted octanol–water partition coefficient (Wildman–Crippen LogP) is 1.88. The average molecular weight is 222 g/mol. The average Bonchev–Trinajstić information content (AvgIpc) is 2.89. The summed E-state index contributed by atoms with van der Waals surface area (Å²) in [5.41, 5.74) is 0.0780. The molecule has 0 radical (unpaired) electrons. The fourth-order valence-corrected chi connectivity index (χ4v) is 2.76. The number of pyridine rings is 1. The van der Waals surface area contributed by atoms with Crippen molar-refractivity contribution in [3.05, 3.63) is 24.1 Å². The van der Waals surface area contributed by atoms with Gasteiger partial charge in [-0.05, 0) is 37.8 Å². The van der Waals surface area contributed by atoms with Gasteiger partial charge in [0.2, 0.25) is 5.88 Å². The minimum atomic E-state index is -0.383. The zero-order valence-corrected chi connectivity index (χ0v) is 9.08. The molecule has 2 fully saturated rings. The first-order chi connectivity index (χ1) is 7.77. The topological polar surface area (TPSA) is 34.1 Å². The van der Waals surface area contributed by atoms with Crippen LogP contribution < -0.4 is 10.1 Å². The lowest BCUT2D eigenvalue weighted by Crippen LogP contribution is -2.42. The summed E-state index contributed by atoms with van der Waals surface area (Å²) >= 11 is 0. The number of aromatic nitrogens is 1. The summed E-state index contributed by atoms with van der Waals surface area (Å²) in [6.45, 7) is 0.525. The Morgan fingerprint density at radius 2 is 2.31 bits per heavy atom. The smallest absolute Gasteiger partial charge is 0.250 e. The van der Waals surface area contributed by atoms with E-state index in [4.69, 9.17) is 4.74 Å². The summed E-state index contributed by atoms with van der Waals surface area (Å²) < 4.78 is 18.8. The van der Waals surface area contributed by atoms with Crippen LogP contribution in [0, 0.1) is 5.82 Å². The minimum Gasteiger partial charge on any atom is -0.474 e. The molecule has 3 rings (SSSR count). The van der Waals surface area contributed by atoms with E-state index < -0.39 is 0 Å². The predicted molar refractivity (Wildman–Crippen MR) is 57.8 cm³/mol. The molecule has 0 saturated carbocycles. The van der Waals surface area contributed by atoms with Gasteiger partial charge in [-0.2, -0.15) is 0 Å². The van der Waals surface area contributed by atoms with Gasteiger partial charge in [-0.3, -0.25) is 0 Å². The third-order valence-corrected chi connectivity index (χ3v) is 3.66. The quantitative estimate of drug-likeness (QED) is 0.848. The van der Waals surface area contributed by atoms with E-state index in [1.54, 1.807) is 12.3 Å². The molecule has 0 amide bonds. The van der Waals surface area contributed by atoms with Crippen LogP contribution in [-0.4, -0.2) is 23.2 Å². The van der Waals surface area contributed by atoms with Crippen LogP contribution in [0.3, 0.4) is 0 Å². The highest BCUT2D eigenvalue weighted by molar-refractivity contribution is 5.14. The maximum Gasteiger partial charge on any atom is 0.250 e. The third-order valence-electron chi connectivity index (χ3n) is 3.66. The molecule has 2 aliphatic rings. The van der Waals surface area contributed by atoms with Crippen LogP contribution in [0.4, 0.5) is 4.39 Å². The van der Waals surface area contributed by atoms with Crippen molar-refractivity contribution in [3.63, 3.8) is 0 Å². The molecule has 3 nitrogen and oxygen atoms in total. The van der Waals surface area contributed by atoms with Crippen LogP contribution in [0.1, 0.15) is 25.7 Å². The summed E-state index contributed by atoms with van der Waals surface area (Å²) in [7, 11) is 0. The maximum atomic E-state index is 13.3. The van der Waals surface area contributed by atoms with Crippen molar-refractivity contribution in [2.24, 2.45) is 0 Å². The lowest BCUT2D eigenvalue weighted by molar-refractivity contribution is 0.189. The van der Waals surface area contributed by atoms with Gasteiger partial charge >= 0.3 is 0 Å². The molecular weight excluding hydrogens is 207 g/mol. The first-order valence-corrected chi connectivity index (χ1v) is 5.78. The van der Waals surface area contributed by atoms with Crippen molar-refractivity contribution in [2.75, 3.05) is 6.61 Å². The second-order valence-electron chi connectivity index (χ2n) is 4.78. The number of ether oxygens (including phenoxy) is 1. The lowest BCUT2D eigenvalue weighted by atomic mass is 9.89. The molecule has 0 aliphatic carbocycles. The number of hydrogen-bond acceptors (Lipinski definition) is 3. The number of rotatable bonds is 3. The van der Waals surface area contributed by atoms with Crippen LogP contribution in [0.15, 0.2) is 18.3 Å². The van der Waals surface area contributed by atoms with Gasteiger partial charge in [0.1, 0.15) is 6.61 Å². The van der Waals surface area contributed by atoms with Crippen molar-refractivity contribution >= 4 is 0 Å². The molecule has 2 bridgehead atoms. The third kappa shape index (κ3) is 1.67. The molecule has 1 aromatic heterocycles. The highest BCUT2D eigenvalue weighted by Crippen LogP contribution is 2.37. The van der Waals surface area contributed by atoms with Crippen molar-refractivity contribution in [1.29, 1.82) is 0 Å². The van der Waals surface area contributed by atoms with Crippen molar-refractivity contribution in [1.82, 2.24) is 10.3 Å². The first-order valence-electron chi connectivity index (χ1n) is 5.78. The molecule has 1 N–H and O–H groups in total. The van der Waals surface area contributed by atoms with Gasteiger partial charge in [-0.1, -0.05) is 0 Å². The number of hydrogen-bond donors (Lipinski definition) is 1. The van der Waals surface area contributed by atoms with E-state index in [1.807, 2.05) is 0 Å². The van der Waals surface area contributed by atoms with E-state index in [2.05, 4.69) is 10.3 Å². The first kappa shape index (κ1) is 10.0. The van der Waals surface area contributed by atoms with Gasteiger partial charge in [-0.25, -0.2) is 9.37 Å². The highest BCUT2D eigenvalue weighted by Gasteiger charge is 2.44. The Bertz CT molecular complexity index is 388. The molecule has 4 heteroatoms. The van der Waals surface area contributed by atoms with Gasteiger partial charge < -0.3 is 10.1 Å². The number of fused-ring (bicyclic) bond motifs is 2. The molecule has 0 aromatic carbocycles. The van der Waals surface area contributed by atoms with E-state index in [9.17, 15) is 4.39 Å². The van der Waals surface area contributed by atoms with Crippen LogP contribution in [-0.2, 0) is 0 Å². The van der Waals surface area contributed by atoms with Crippen LogP contribution >= 0.6 is 0 Å². The molecule has 0 atom stereocenters. The Labute approximate surface area is 94.0 Å². The van der Waals surface area contributed by atoms with E-state index in [1.165, 1.54) is 18.9 Å². The molecule has 0 spiro atoms. The normalized spacial score (nSPS) is 31.9. The fourth-order valence-electron chi connectivity index (χ4n) is 2.76. The van der Waals surface area contributed by atoms with Gasteiger partial charge in [-0.15, -0.1) is 0 Å². The summed E-state index contributed by atoms with van der Waals surface area (Å²) in [5, 5.41) is 3.56. The maximum absolute atomic E-state index is 13.3. The zero-order chi connectivity index (χ0) is 11.0. The summed E-state index contributed by atoms with van der Waals surface area (Å²) in [6.07, 6.45) is 6.25. The molecule has 2 saturated heterocycles. The largest absolute Gasteiger partial charge is 0.474 e. The molecule has 86 valence electrons. The standard InChI is InChI=1S/C12H15FN2O/c13-10-2-1-7-14-11(10)16-8-12-5-3-9(15-12)4-6-12/h1-2,7,9,15H,3-6,8H2. The minimum absolute atomic E-state index is 0.0780. The summed E-state index contributed by atoms with van der Waals surface area (Å²) in [5.74, 6) is -0.263. The Balaban J connectivity index is 1.67. The summed E-state index contributed by atoms with van der Waals surface area (Å²) in [4.78, 5) is 3.89. The monoisotopic (exact) mass is 222 g/mol. The van der Waals surface area contributed by atoms with Crippen LogP contribution in [0.2, 0.25) is 0 Å². The van der Waals surface area contributed by atoms with Gasteiger partial charge in [0, 0.05) is 12.2 Å². The summed E-state index contributed by atoms with van der Waals surface area (Å²) in [6, 6.07) is 3.59. The van der Waals surface area contributed by atoms with E-state index >= 15 is 0 Å². The molecule has 16 heavy (non-hydrogen) atoms. The van der Waals surface area contributed by atoms with Crippen LogP contribution in [0.5, 0.6) is 5.88 Å². The van der Waals surface area contributed by atoms with Crippen molar-refractivity contribution in [2.45, 2.75) is 37.3 Å². The zero-order valence-electron chi connectivity index (χ0n) is 9.08. The highest BCUT2D eigenvalue weighted by atomic mass is 19.1. The Morgan fingerprint density at radius 1 is 1.50 bits per heavy atom. The van der Waals surface area contributed by atoms with Crippen molar-refractivity contribution in [3.8, 4) is 5.88 Å². The fraction of sp³-hybridized carbons (Fsp3) is 0.583. The number of nitrogens with zero attached hydrogens (tertiary/aromatic N) is 1. The van der Waals surface area contributed by atoms with Gasteiger partial charge in [0.15, 0.2) is 5.82 Å². The molecule has 2 aliphatic heterocycles. The molecule has 0 unspecified atom stereocenters. The van der Waals surface area contributed by atoms with E-state index in [-0.39, 0.29) is 17.2 Å². The molecule has 1 aromatic rings. The number of nitrogens with one attached hydrogen (secondary N) is 1. The SMILES string of the molecule is Fc1cccnc1OCC12CCC(CC1)N2. The van der Waals surface area contributed by atoms with Crippen molar-refractivity contribution < 1.29 is 9.13 Å². The van der Waals surface area contributed by atoms with Crippen LogP contribution in [0.25, 0.3) is 0 Å². The Hall–Kier alpha value is -1.16. The lowest BCUT2D eigenvalue weighted by Gasteiger charge is -2.25. The van der Waals surface area contributed by atoms with Gasteiger partial charge in [0.25, 0.3) is 0 Å². The second kappa shape index (κ2) is 3.70. The molecule has 3 heterocycles. The second-order valence-corrected chi connectivity index (χ2v) is 4.78. The number of halogens is 1. The van der Waals surface area contributed by atoms with E-state index in [0.29, 0.717) is 12.6 Å². The Kier molecular flexibility index (Phi) is 2.32. The molecular formula is C12H15FN2O.